The molecule has 0 spiro atoms. The van der Waals surface area contributed by atoms with Gasteiger partial charge in [-0.15, -0.1) is 11.3 Å². The minimum absolute atomic E-state index is 0.217. The van der Waals surface area contributed by atoms with Crippen LogP contribution in [-0.2, 0) is 7.05 Å². The van der Waals surface area contributed by atoms with Gasteiger partial charge in [-0.05, 0) is 35.7 Å². The number of halogens is 1. The number of benzene rings is 2. The zero-order valence-electron chi connectivity index (χ0n) is 10.8. The Bertz CT molecular complexity index is 936. The molecule has 20 heavy (non-hydrogen) atoms. The molecule has 0 bridgehead atoms. The van der Waals surface area contributed by atoms with Crippen molar-refractivity contribution >= 4 is 32.5 Å². The molecule has 0 fully saturated rings. The van der Waals surface area contributed by atoms with Gasteiger partial charge in [0.15, 0.2) is 0 Å². The monoisotopic (exact) mass is 282 g/mol. The molecular weight excluding hydrogens is 271 g/mol. The predicted octanol–water partition coefficient (Wildman–Crippen LogP) is 4.59. The van der Waals surface area contributed by atoms with Gasteiger partial charge in [0, 0.05) is 24.3 Å². The van der Waals surface area contributed by atoms with Crippen molar-refractivity contribution in [1.29, 1.82) is 0 Å². The molecule has 0 amide bonds. The van der Waals surface area contributed by atoms with Crippen LogP contribution in [0.5, 0.6) is 0 Å². The molecule has 2 heterocycles. The smallest absolute Gasteiger partial charge is 0.124 e. The molecule has 0 aliphatic rings. The number of aromatic nitrogens is 2. The van der Waals surface area contributed by atoms with E-state index in [1.807, 2.05) is 13.2 Å². The zero-order valence-corrected chi connectivity index (χ0v) is 11.6. The number of fused-ring (bicyclic) bond motifs is 2. The lowest BCUT2D eigenvalue weighted by atomic mass is 10.2. The molecular formula is C16H11FN2S. The van der Waals surface area contributed by atoms with Crippen molar-refractivity contribution in [2.45, 2.75) is 0 Å². The molecule has 4 rings (SSSR count). The summed E-state index contributed by atoms with van der Waals surface area (Å²) in [4.78, 5) is 4.59. The van der Waals surface area contributed by atoms with E-state index in [-0.39, 0.29) is 5.82 Å². The van der Waals surface area contributed by atoms with E-state index >= 15 is 0 Å². The van der Waals surface area contributed by atoms with E-state index in [2.05, 4.69) is 33.8 Å². The second-order valence-corrected chi connectivity index (χ2v) is 5.86. The number of nitrogens with zero attached hydrogens (tertiary/aromatic N) is 2. The Morgan fingerprint density at radius 3 is 2.90 bits per heavy atom. The summed E-state index contributed by atoms with van der Waals surface area (Å²) in [6, 6.07) is 13.1. The fourth-order valence-electron chi connectivity index (χ4n) is 2.42. The molecule has 0 aliphatic heterocycles. The molecule has 0 saturated heterocycles. The average molecular weight is 282 g/mol. The minimum atomic E-state index is -0.217. The Labute approximate surface area is 119 Å². The van der Waals surface area contributed by atoms with E-state index in [0.717, 1.165) is 20.8 Å². The van der Waals surface area contributed by atoms with Crippen LogP contribution in [0.2, 0.25) is 0 Å². The van der Waals surface area contributed by atoms with Crippen molar-refractivity contribution in [3.05, 3.63) is 54.5 Å². The standard InChI is InChI=1S/C16H11FN2S/c1-19-7-6-10-2-3-11(8-14(10)19)16-18-13-5-4-12(17)9-15(13)20-16/h2-9H,1H3. The van der Waals surface area contributed by atoms with Crippen molar-refractivity contribution in [3.63, 3.8) is 0 Å². The van der Waals surface area contributed by atoms with Crippen LogP contribution in [0.4, 0.5) is 4.39 Å². The highest BCUT2D eigenvalue weighted by Gasteiger charge is 2.08. The summed E-state index contributed by atoms with van der Waals surface area (Å²) in [5.74, 6) is -0.217. The second-order valence-electron chi connectivity index (χ2n) is 4.83. The van der Waals surface area contributed by atoms with Crippen LogP contribution >= 0.6 is 11.3 Å². The first-order valence-electron chi connectivity index (χ1n) is 6.32. The van der Waals surface area contributed by atoms with Crippen molar-refractivity contribution < 1.29 is 4.39 Å². The summed E-state index contributed by atoms with van der Waals surface area (Å²) in [5, 5.41) is 2.14. The van der Waals surface area contributed by atoms with Crippen LogP contribution < -0.4 is 0 Å². The van der Waals surface area contributed by atoms with E-state index in [4.69, 9.17) is 0 Å². The fourth-order valence-corrected chi connectivity index (χ4v) is 3.40. The molecule has 4 aromatic rings. The van der Waals surface area contributed by atoms with E-state index in [1.54, 1.807) is 6.07 Å². The van der Waals surface area contributed by atoms with Crippen LogP contribution in [0.15, 0.2) is 48.7 Å². The van der Waals surface area contributed by atoms with Gasteiger partial charge in [-0.2, -0.15) is 0 Å². The normalized spacial score (nSPS) is 11.5. The summed E-state index contributed by atoms with van der Waals surface area (Å²) in [7, 11) is 2.03. The molecule has 0 N–H and O–H groups in total. The zero-order chi connectivity index (χ0) is 13.7. The van der Waals surface area contributed by atoms with Gasteiger partial charge in [-0.3, -0.25) is 0 Å². The molecule has 0 aliphatic carbocycles. The molecule has 2 aromatic heterocycles. The van der Waals surface area contributed by atoms with E-state index < -0.39 is 0 Å². The van der Waals surface area contributed by atoms with Crippen LogP contribution in [0.25, 0.3) is 31.7 Å². The summed E-state index contributed by atoms with van der Waals surface area (Å²) in [5.41, 5.74) is 3.09. The van der Waals surface area contributed by atoms with Gasteiger partial charge in [0.05, 0.1) is 10.2 Å². The van der Waals surface area contributed by atoms with Crippen LogP contribution in [0, 0.1) is 5.82 Å². The third kappa shape index (κ3) is 1.72. The fraction of sp³-hybridized carbons (Fsp3) is 0.0625. The highest BCUT2D eigenvalue weighted by Crippen LogP contribution is 2.32. The molecule has 0 saturated carbocycles. The van der Waals surface area contributed by atoms with Gasteiger partial charge in [-0.25, -0.2) is 9.37 Å². The Hall–Kier alpha value is -2.20. The summed E-state index contributed by atoms with van der Waals surface area (Å²) in [6.45, 7) is 0. The minimum Gasteiger partial charge on any atom is -0.351 e. The van der Waals surface area contributed by atoms with Gasteiger partial charge in [0.2, 0.25) is 0 Å². The SMILES string of the molecule is Cn1ccc2ccc(-c3nc4ccc(F)cc4s3)cc21. The largest absolute Gasteiger partial charge is 0.351 e. The maximum Gasteiger partial charge on any atom is 0.124 e. The Balaban J connectivity index is 1.93. The Kier molecular flexibility index (Phi) is 2.41. The third-order valence-electron chi connectivity index (χ3n) is 3.49. The summed E-state index contributed by atoms with van der Waals surface area (Å²) >= 11 is 1.52. The molecule has 2 nitrogen and oxygen atoms in total. The highest BCUT2D eigenvalue weighted by molar-refractivity contribution is 7.21. The first kappa shape index (κ1) is 11.6. The second kappa shape index (κ2) is 4.15. The van der Waals surface area contributed by atoms with Gasteiger partial charge in [0.1, 0.15) is 10.8 Å². The van der Waals surface area contributed by atoms with Gasteiger partial charge < -0.3 is 4.57 Å². The van der Waals surface area contributed by atoms with E-state index in [1.165, 1.54) is 34.4 Å². The molecule has 2 aromatic carbocycles. The van der Waals surface area contributed by atoms with Crippen LogP contribution in [0.1, 0.15) is 0 Å². The molecule has 0 unspecified atom stereocenters. The third-order valence-corrected chi connectivity index (χ3v) is 4.55. The van der Waals surface area contributed by atoms with Crippen LogP contribution in [0.3, 0.4) is 0 Å². The number of aryl methyl sites for hydroxylation is 1. The quantitative estimate of drug-likeness (QED) is 0.499. The first-order chi connectivity index (χ1) is 9.70. The lowest BCUT2D eigenvalue weighted by molar-refractivity contribution is 0.630. The number of rotatable bonds is 1. The summed E-state index contributed by atoms with van der Waals surface area (Å²) < 4.78 is 16.2. The summed E-state index contributed by atoms with van der Waals surface area (Å²) in [6.07, 6.45) is 2.04. The topological polar surface area (TPSA) is 17.8 Å². The molecule has 98 valence electrons. The Morgan fingerprint density at radius 1 is 1.10 bits per heavy atom. The van der Waals surface area contributed by atoms with Crippen molar-refractivity contribution in [1.82, 2.24) is 9.55 Å². The van der Waals surface area contributed by atoms with Crippen molar-refractivity contribution in [2.75, 3.05) is 0 Å². The number of thiazole rings is 1. The van der Waals surface area contributed by atoms with E-state index in [0.29, 0.717) is 0 Å². The number of hydrogen-bond acceptors (Lipinski definition) is 2. The van der Waals surface area contributed by atoms with Gasteiger partial charge in [-0.1, -0.05) is 12.1 Å². The molecule has 0 atom stereocenters. The maximum atomic E-state index is 13.2. The van der Waals surface area contributed by atoms with E-state index in [9.17, 15) is 4.39 Å². The highest BCUT2D eigenvalue weighted by atomic mass is 32.1. The predicted molar refractivity (Wildman–Crippen MR) is 81.5 cm³/mol. The molecule has 4 heteroatoms. The van der Waals surface area contributed by atoms with Gasteiger partial charge >= 0.3 is 0 Å². The van der Waals surface area contributed by atoms with Crippen molar-refractivity contribution in [3.8, 4) is 10.6 Å². The first-order valence-corrected chi connectivity index (χ1v) is 7.14. The Morgan fingerprint density at radius 2 is 2.00 bits per heavy atom. The lowest BCUT2D eigenvalue weighted by Crippen LogP contribution is -1.84. The van der Waals surface area contributed by atoms with Crippen LogP contribution in [-0.4, -0.2) is 9.55 Å². The average Bonchev–Trinajstić information content (AvgIpc) is 3.02. The molecule has 0 radical (unpaired) electrons. The number of hydrogen-bond donors (Lipinski definition) is 0. The lowest BCUT2D eigenvalue weighted by Gasteiger charge is -1.99. The van der Waals surface area contributed by atoms with Crippen molar-refractivity contribution in [2.24, 2.45) is 7.05 Å². The van der Waals surface area contributed by atoms with Gasteiger partial charge in [0.25, 0.3) is 0 Å². The maximum absolute atomic E-state index is 13.2.